The SMILES string of the molecule is Cc1cccc(NC(=O)c2cnn(-c3ccc(F)cc3)c2)c1C. The van der Waals surface area contributed by atoms with Crippen LogP contribution in [0.4, 0.5) is 10.1 Å². The number of carbonyl (C=O) groups excluding carboxylic acids is 1. The van der Waals surface area contributed by atoms with E-state index in [1.54, 1.807) is 18.3 Å². The first-order valence-electron chi connectivity index (χ1n) is 7.23. The summed E-state index contributed by atoms with van der Waals surface area (Å²) in [7, 11) is 0. The first-order chi connectivity index (χ1) is 11.0. The largest absolute Gasteiger partial charge is 0.322 e. The van der Waals surface area contributed by atoms with Crippen molar-refractivity contribution in [3.8, 4) is 5.69 Å². The normalized spacial score (nSPS) is 10.6. The summed E-state index contributed by atoms with van der Waals surface area (Å²) in [6.07, 6.45) is 3.11. The predicted octanol–water partition coefficient (Wildman–Crippen LogP) is 3.88. The molecule has 0 radical (unpaired) electrons. The lowest BCUT2D eigenvalue weighted by Crippen LogP contribution is -2.12. The van der Waals surface area contributed by atoms with Gasteiger partial charge in [0.2, 0.25) is 0 Å². The summed E-state index contributed by atoms with van der Waals surface area (Å²) >= 11 is 0. The van der Waals surface area contributed by atoms with Gasteiger partial charge in [-0.3, -0.25) is 4.79 Å². The number of aromatic nitrogens is 2. The molecule has 1 N–H and O–H groups in total. The van der Waals surface area contributed by atoms with Crippen molar-refractivity contribution in [2.24, 2.45) is 0 Å². The molecule has 0 saturated carbocycles. The highest BCUT2D eigenvalue weighted by Crippen LogP contribution is 2.19. The van der Waals surface area contributed by atoms with Crippen LogP contribution in [-0.4, -0.2) is 15.7 Å². The molecule has 0 aliphatic carbocycles. The molecule has 0 aliphatic rings. The van der Waals surface area contributed by atoms with Crippen molar-refractivity contribution in [2.45, 2.75) is 13.8 Å². The van der Waals surface area contributed by atoms with Crippen molar-refractivity contribution >= 4 is 11.6 Å². The van der Waals surface area contributed by atoms with Gasteiger partial charge >= 0.3 is 0 Å². The van der Waals surface area contributed by atoms with Crippen LogP contribution in [-0.2, 0) is 0 Å². The Kier molecular flexibility index (Phi) is 3.93. The fraction of sp³-hybridized carbons (Fsp3) is 0.111. The number of halogens is 1. The van der Waals surface area contributed by atoms with E-state index in [4.69, 9.17) is 0 Å². The minimum absolute atomic E-state index is 0.230. The molecule has 3 aromatic rings. The zero-order valence-corrected chi connectivity index (χ0v) is 12.9. The van der Waals surface area contributed by atoms with Gasteiger partial charge in [0, 0.05) is 11.9 Å². The molecule has 3 rings (SSSR count). The maximum Gasteiger partial charge on any atom is 0.258 e. The number of rotatable bonds is 3. The van der Waals surface area contributed by atoms with E-state index >= 15 is 0 Å². The van der Waals surface area contributed by atoms with Gasteiger partial charge in [-0.2, -0.15) is 5.10 Å². The Balaban J connectivity index is 1.81. The molecular weight excluding hydrogens is 293 g/mol. The van der Waals surface area contributed by atoms with Gasteiger partial charge in [-0.25, -0.2) is 9.07 Å². The molecule has 0 fully saturated rings. The summed E-state index contributed by atoms with van der Waals surface area (Å²) in [6.45, 7) is 3.96. The third-order valence-electron chi connectivity index (χ3n) is 3.79. The van der Waals surface area contributed by atoms with E-state index in [0.29, 0.717) is 11.3 Å². The highest BCUT2D eigenvalue weighted by Gasteiger charge is 2.11. The second kappa shape index (κ2) is 6.04. The van der Waals surface area contributed by atoms with Crippen LogP contribution in [0.15, 0.2) is 54.9 Å². The Hall–Kier alpha value is -2.95. The van der Waals surface area contributed by atoms with Gasteiger partial charge in [0.05, 0.1) is 17.4 Å². The maximum absolute atomic E-state index is 13.0. The molecule has 1 amide bonds. The van der Waals surface area contributed by atoms with Crippen LogP contribution in [0, 0.1) is 19.7 Å². The van der Waals surface area contributed by atoms with Crippen molar-refractivity contribution in [1.29, 1.82) is 0 Å². The molecule has 2 aromatic carbocycles. The molecule has 0 saturated heterocycles. The lowest BCUT2D eigenvalue weighted by Gasteiger charge is -2.09. The Labute approximate surface area is 133 Å². The Morgan fingerprint density at radius 3 is 2.61 bits per heavy atom. The molecule has 0 atom stereocenters. The summed E-state index contributed by atoms with van der Waals surface area (Å²) in [6, 6.07) is 11.7. The van der Waals surface area contributed by atoms with E-state index in [2.05, 4.69) is 10.4 Å². The first kappa shape index (κ1) is 15.0. The van der Waals surface area contributed by atoms with Crippen LogP contribution in [0.5, 0.6) is 0 Å². The topological polar surface area (TPSA) is 46.9 Å². The van der Waals surface area contributed by atoms with E-state index in [-0.39, 0.29) is 11.7 Å². The molecule has 4 nitrogen and oxygen atoms in total. The maximum atomic E-state index is 13.0. The fourth-order valence-corrected chi connectivity index (χ4v) is 2.26. The van der Waals surface area contributed by atoms with Crippen molar-refractivity contribution in [2.75, 3.05) is 5.32 Å². The number of anilines is 1. The van der Waals surface area contributed by atoms with Crippen LogP contribution in [0.2, 0.25) is 0 Å². The van der Waals surface area contributed by atoms with Gasteiger partial charge in [-0.05, 0) is 55.3 Å². The minimum Gasteiger partial charge on any atom is -0.322 e. The Morgan fingerprint density at radius 2 is 1.87 bits per heavy atom. The van der Waals surface area contributed by atoms with Gasteiger partial charge in [-0.15, -0.1) is 0 Å². The number of hydrogen-bond acceptors (Lipinski definition) is 2. The van der Waals surface area contributed by atoms with Crippen molar-refractivity contribution in [3.63, 3.8) is 0 Å². The highest BCUT2D eigenvalue weighted by molar-refractivity contribution is 6.04. The van der Waals surface area contributed by atoms with Gasteiger partial charge in [0.15, 0.2) is 0 Å². The Bertz CT molecular complexity index is 853. The molecule has 5 heteroatoms. The second-order valence-electron chi connectivity index (χ2n) is 5.35. The van der Waals surface area contributed by atoms with Gasteiger partial charge in [0.1, 0.15) is 5.82 Å². The number of aryl methyl sites for hydroxylation is 1. The lowest BCUT2D eigenvalue weighted by atomic mass is 10.1. The van der Waals surface area contributed by atoms with E-state index in [0.717, 1.165) is 16.8 Å². The summed E-state index contributed by atoms with van der Waals surface area (Å²) in [5.74, 6) is -0.541. The van der Waals surface area contributed by atoms with E-state index < -0.39 is 0 Å². The summed E-state index contributed by atoms with van der Waals surface area (Å²) in [5.41, 5.74) is 4.06. The molecule has 116 valence electrons. The standard InChI is InChI=1S/C18H16FN3O/c1-12-4-3-5-17(13(12)2)21-18(23)14-10-20-22(11-14)16-8-6-15(19)7-9-16/h3-11H,1-2H3,(H,21,23). The molecule has 0 bridgehead atoms. The van der Waals surface area contributed by atoms with Crippen LogP contribution in [0.25, 0.3) is 5.69 Å². The average molecular weight is 309 g/mol. The van der Waals surface area contributed by atoms with Crippen molar-refractivity contribution in [3.05, 3.63) is 77.4 Å². The number of hydrogen-bond donors (Lipinski definition) is 1. The van der Waals surface area contributed by atoms with E-state index in [1.165, 1.54) is 23.0 Å². The number of carbonyl (C=O) groups is 1. The van der Waals surface area contributed by atoms with Gasteiger partial charge < -0.3 is 5.32 Å². The number of amides is 1. The van der Waals surface area contributed by atoms with Crippen LogP contribution in [0.1, 0.15) is 21.5 Å². The second-order valence-corrected chi connectivity index (χ2v) is 5.35. The highest BCUT2D eigenvalue weighted by atomic mass is 19.1. The number of nitrogens with zero attached hydrogens (tertiary/aromatic N) is 2. The zero-order chi connectivity index (χ0) is 16.4. The molecule has 0 unspecified atom stereocenters. The third-order valence-corrected chi connectivity index (χ3v) is 3.79. The third kappa shape index (κ3) is 3.13. The van der Waals surface area contributed by atoms with Crippen LogP contribution < -0.4 is 5.32 Å². The molecular formula is C18H16FN3O. The Morgan fingerprint density at radius 1 is 1.13 bits per heavy atom. The van der Waals surface area contributed by atoms with Gasteiger partial charge in [-0.1, -0.05) is 12.1 Å². The first-order valence-corrected chi connectivity index (χ1v) is 7.23. The monoisotopic (exact) mass is 309 g/mol. The quantitative estimate of drug-likeness (QED) is 0.798. The lowest BCUT2D eigenvalue weighted by molar-refractivity contribution is 0.102. The molecule has 0 aliphatic heterocycles. The number of benzene rings is 2. The predicted molar refractivity (Wildman–Crippen MR) is 87.4 cm³/mol. The smallest absolute Gasteiger partial charge is 0.258 e. The summed E-state index contributed by atoms with van der Waals surface area (Å²) in [5, 5.41) is 7.04. The van der Waals surface area contributed by atoms with Crippen LogP contribution >= 0.6 is 0 Å². The number of nitrogens with one attached hydrogen (secondary N) is 1. The summed E-state index contributed by atoms with van der Waals surface area (Å²) in [4.78, 5) is 12.4. The molecule has 1 aromatic heterocycles. The van der Waals surface area contributed by atoms with E-state index in [1.807, 2.05) is 32.0 Å². The fourth-order valence-electron chi connectivity index (χ4n) is 2.26. The molecule has 23 heavy (non-hydrogen) atoms. The van der Waals surface area contributed by atoms with Crippen molar-refractivity contribution < 1.29 is 9.18 Å². The van der Waals surface area contributed by atoms with Crippen molar-refractivity contribution in [1.82, 2.24) is 9.78 Å². The van der Waals surface area contributed by atoms with Gasteiger partial charge in [0.25, 0.3) is 5.91 Å². The molecule has 1 heterocycles. The average Bonchev–Trinajstić information content (AvgIpc) is 3.02. The molecule has 0 spiro atoms. The van der Waals surface area contributed by atoms with E-state index in [9.17, 15) is 9.18 Å². The van der Waals surface area contributed by atoms with Crippen LogP contribution in [0.3, 0.4) is 0 Å². The minimum atomic E-state index is -0.311. The zero-order valence-electron chi connectivity index (χ0n) is 12.9. The summed E-state index contributed by atoms with van der Waals surface area (Å²) < 4.78 is 14.5.